The first-order chi connectivity index (χ1) is 8.45. The molecule has 7 heteroatoms. The molecule has 2 N–H and O–H groups in total. The number of aromatic nitrogens is 1. The number of hydrogen-bond acceptors (Lipinski definition) is 4. The van der Waals surface area contributed by atoms with E-state index in [1.54, 1.807) is 6.07 Å². The standard InChI is InChI=1S/C11H9ClN2O3S/c12-8-5-10(7-14-6-8)17-9-1-3-11(4-2-9)18(13,15)16/h1-7H,(H2,13,15,16). The van der Waals surface area contributed by atoms with Gasteiger partial charge in [0.15, 0.2) is 0 Å². The first-order valence-corrected chi connectivity index (χ1v) is 6.79. The number of hydrogen-bond donors (Lipinski definition) is 1. The Morgan fingerprint density at radius 3 is 2.33 bits per heavy atom. The normalized spacial score (nSPS) is 11.2. The minimum Gasteiger partial charge on any atom is -0.456 e. The second-order valence-electron chi connectivity index (χ2n) is 3.46. The molecule has 0 atom stereocenters. The Morgan fingerprint density at radius 1 is 1.11 bits per heavy atom. The molecule has 1 heterocycles. The molecule has 2 aromatic rings. The highest BCUT2D eigenvalue weighted by Crippen LogP contribution is 2.23. The van der Waals surface area contributed by atoms with Gasteiger partial charge in [0.2, 0.25) is 10.0 Å². The summed E-state index contributed by atoms with van der Waals surface area (Å²) >= 11 is 5.76. The van der Waals surface area contributed by atoms with Gasteiger partial charge in [-0.25, -0.2) is 13.6 Å². The molecule has 1 aromatic heterocycles. The van der Waals surface area contributed by atoms with Gasteiger partial charge in [-0.1, -0.05) is 11.6 Å². The third-order valence-electron chi connectivity index (χ3n) is 2.07. The van der Waals surface area contributed by atoms with E-state index in [9.17, 15) is 8.42 Å². The Bertz CT molecular complexity index is 656. The Kier molecular flexibility index (Phi) is 3.51. The highest BCUT2D eigenvalue weighted by atomic mass is 35.5. The van der Waals surface area contributed by atoms with Gasteiger partial charge in [0.05, 0.1) is 16.1 Å². The molecule has 2 rings (SSSR count). The zero-order valence-electron chi connectivity index (χ0n) is 9.08. The van der Waals surface area contributed by atoms with Crippen molar-refractivity contribution in [3.8, 4) is 11.5 Å². The van der Waals surface area contributed by atoms with Gasteiger partial charge >= 0.3 is 0 Å². The molecule has 0 aliphatic rings. The van der Waals surface area contributed by atoms with Crippen LogP contribution >= 0.6 is 11.6 Å². The number of rotatable bonds is 3. The summed E-state index contributed by atoms with van der Waals surface area (Å²) in [5.74, 6) is 0.928. The van der Waals surface area contributed by atoms with Crippen LogP contribution in [0.1, 0.15) is 0 Å². The lowest BCUT2D eigenvalue weighted by molar-refractivity contribution is 0.480. The third-order valence-corrected chi connectivity index (χ3v) is 3.20. The monoisotopic (exact) mass is 284 g/mol. The predicted molar refractivity (Wildman–Crippen MR) is 67.1 cm³/mol. The van der Waals surface area contributed by atoms with Crippen molar-refractivity contribution in [2.24, 2.45) is 5.14 Å². The molecule has 94 valence electrons. The molecule has 0 spiro atoms. The second-order valence-corrected chi connectivity index (χ2v) is 5.46. The van der Waals surface area contributed by atoms with E-state index in [-0.39, 0.29) is 4.90 Å². The van der Waals surface area contributed by atoms with Crippen LogP contribution in [0, 0.1) is 0 Å². The van der Waals surface area contributed by atoms with Crippen LogP contribution in [-0.4, -0.2) is 13.4 Å². The maximum Gasteiger partial charge on any atom is 0.238 e. The van der Waals surface area contributed by atoms with E-state index in [2.05, 4.69) is 4.98 Å². The Labute approximate surface area is 109 Å². The molecule has 0 aliphatic heterocycles. The largest absolute Gasteiger partial charge is 0.456 e. The fourth-order valence-corrected chi connectivity index (χ4v) is 1.96. The van der Waals surface area contributed by atoms with Crippen LogP contribution in [0.5, 0.6) is 11.5 Å². The number of nitrogens with two attached hydrogens (primary N) is 1. The summed E-state index contributed by atoms with van der Waals surface area (Å²) in [6, 6.07) is 7.33. The summed E-state index contributed by atoms with van der Waals surface area (Å²) in [6.45, 7) is 0. The summed E-state index contributed by atoms with van der Waals surface area (Å²) in [6.07, 6.45) is 2.98. The van der Waals surface area contributed by atoms with Gasteiger partial charge in [-0.05, 0) is 24.3 Å². The van der Waals surface area contributed by atoms with E-state index in [0.717, 1.165) is 0 Å². The number of nitrogens with zero attached hydrogens (tertiary/aromatic N) is 1. The lowest BCUT2D eigenvalue weighted by Crippen LogP contribution is -2.11. The molecule has 0 amide bonds. The average Bonchev–Trinajstić information content (AvgIpc) is 2.28. The number of pyridine rings is 1. The highest BCUT2D eigenvalue weighted by Gasteiger charge is 2.07. The molecule has 0 bridgehead atoms. The van der Waals surface area contributed by atoms with Crippen LogP contribution < -0.4 is 9.88 Å². The van der Waals surface area contributed by atoms with Gasteiger partial charge < -0.3 is 4.74 Å². The van der Waals surface area contributed by atoms with E-state index in [4.69, 9.17) is 21.5 Å². The van der Waals surface area contributed by atoms with Gasteiger partial charge in [0.25, 0.3) is 0 Å². The number of sulfonamides is 1. The quantitative estimate of drug-likeness (QED) is 0.936. The van der Waals surface area contributed by atoms with Crippen LogP contribution in [0.15, 0.2) is 47.6 Å². The van der Waals surface area contributed by atoms with Crippen molar-refractivity contribution in [1.29, 1.82) is 0 Å². The Morgan fingerprint density at radius 2 is 1.78 bits per heavy atom. The van der Waals surface area contributed by atoms with Crippen molar-refractivity contribution >= 4 is 21.6 Å². The summed E-state index contributed by atoms with van der Waals surface area (Å²) in [5.41, 5.74) is 0. The molecule has 5 nitrogen and oxygen atoms in total. The van der Waals surface area contributed by atoms with Crippen molar-refractivity contribution in [3.63, 3.8) is 0 Å². The molecule has 0 radical (unpaired) electrons. The van der Waals surface area contributed by atoms with Gasteiger partial charge in [0, 0.05) is 12.3 Å². The van der Waals surface area contributed by atoms with Crippen molar-refractivity contribution < 1.29 is 13.2 Å². The van der Waals surface area contributed by atoms with Crippen molar-refractivity contribution in [1.82, 2.24) is 4.98 Å². The van der Waals surface area contributed by atoms with Crippen LogP contribution in [0.3, 0.4) is 0 Å². The fourth-order valence-electron chi connectivity index (χ4n) is 1.28. The molecular weight excluding hydrogens is 276 g/mol. The van der Waals surface area contributed by atoms with Gasteiger partial charge in [-0.2, -0.15) is 0 Å². The van der Waals surface area contributed by atoms with Crippen LogP contribution in [0.2, 0.25) is 5.02 Å². The molecule has 1 aromatic carbocycles. The van der Waals surface area contributed by atoms with E-state index >= 15 is 0 Å². The smallest absolute Gasteiger partial charge is 0.238 e. The zero-order valence-corrected chi connectivity index (χ0v) is 10.6. The minimum atomic E-state index is -3.69. The first kappa shape index (κ1) is 12.8. The summed E-state index contributed by atoms with van der Waals surface area (Å²) in [4.78, 5) is 3.89. The molecular formula is C11H9ClN2O3S. The van der Waals surface area contributed by atoms with Crippen molar-refractivity contribution in [2.75, 3.05) is 0 Å². The van der Waals surface area contributed by atoms with Gasteiger partial charge in [-0.3, -0.25) is 4.98 Å². The first-order valence-electron chi connectivity index (χ1n) is 4.86. The number of benzene rings is 1. The Hall–Kier alpha value is -1.63. The lowest BCUT2D eigenvalue weighted by atomic mass is 10.3. The van der Waals surface area contributed by atoms with Crippen LogP contribution in [-0.2, 0) is 10.0 Å². The number of ether oxygens (including phenoxy) is 1. The zero-order chi connectivity index (χ0) is 13.2. The molecule has 18 heavy (non-hydrogen) atoms. The molecule has 0 saturated heterocycles. The third kappa shape index (κ3) is 3.19. The Balaban J connectivity index is 2.21. The van der Waals surface area contributed by atoms with E-state index < -0.39 is 10.0 Å². The number of halogens is 1. The van der Waals surface area contributed by atoms with E-state index in [1.807, 2.05) is 0 Å². The lowest BCUT2D eigenvalue weighted by Gasteiger charge is -2.05. The summed E-state index contributed by atoms with van der Waals surface area (Å²) in [7, 11) is -3.69. The predicted octanol–water partition coefficient (Wildman–Crippen LogP) is 2.17. The van der Waals surface area contributed by atoms with Crippen molar-refractivity contribution in [2.45, 2.75) is 4.90 Å². The van der Waals surface area contributed by atoms with E-state index in [1.165, 1.54) is 36.7 Å². The molecule has 0 unspecified atom stereocenters. The SMILES string of the molecule is NS(=O)(=O)c1ccc(Oc2cncc(Cl)c2)cc1. The molecule has 0 aliphatic carbocycles. The van der Waals surface area contributed by atoms with Gasteiger partial charge in [-0.15, -0.1) is 0 Å². The maximum absolute atomic E-state index is 11.1. The van der Waals surface area contributed by atoms with Crippen molar-refractivity contribution in [3.05, 3.63) is 47.7 Å². The fraction of sp³-hybridized carbons (Fsp3) is 0. The molecule has 0 fully saturated rings. The average molecular weight is 285 g/mol. The summed E-state index contributed by atoms with van der Waals surface area (Å²) in [5, 5.41) is 5.44. The number of primary sulfonamides is 1. The van der Waals surface area contributed by atoms with Crippen LogP contribution in [0.25, 0.3) is 0 Å². The maximum atomic E-state index is 11.1. The second kappa shape index (κ2) is 4.93. The van der Waals surface area contributed by atoms with E-state index in [0.29, 0.717) is 16.5 Å². The topological polar surface area (TPSA) is 82.3 Å². The minimum absolute atomic E-state index is 0.0269. The van der Waals surface area contributed by atoms with Gasteiger partial charge in [0.1, 0.15) is 11.5 Å². The van der Waals surface area contributed by atoms with Crippen LogP contribution in [0.4, 0.5) is 0 Å². The summed E-state index contributed by atoms with van der Waals surface area (Å²) < 4.78 is 27.6. The highest BCUT2D eigenvalue weighted by molar-refractivity contribution is 7.89. The molecule has 0 saturated carbocycles.